The molecule has 5 nitrogen and oxygen atoms in total. The fourth-order valence-electron chi connectivity index (χ4n) is 12.1. The van der Waals surface area contributed by atoms with Gasteiger partial charge in [-0.15, -0.1) is 0 Å². The van der Waals surface area contributed by atoms with E-state index in [0.717, 1.165) is 85.7 Å². The van der Waals surface area contributed by atoms with Crippen LogP contribution in [0.1, 0.15) is 94.0 Å². The van der Waals surface area contributed by atoms with Crippen LogP contribution in [0.5, 0.6) is 0 Å². The first kappa shape index (κ1) is 46.4. The van der Waals surface area contributed by atoms with Crippen molar-refractivity contribution >= 4 is 55.7 Å². The van der Waals surface area contributed by atoms with Gasteiger partial charge in [-0.25, -0.2) is 0 Å². The highest BCUT2D eigenvalue weighted by molar-refractivity contribution is 6.02. The highest BCUT2D eigenvalue weighted by atomic mass is 15.2. The normalized spacial score (nSPS) is 16.9. The number of fused-ring (bicyclic) bond motifs is 8. The summed E-state index contributed by atoms with van der Waals surface area (Å²) < 4.78 is 0. The number of aryl methyl sites for hydroxylation is 1. The predicted octanol–water partition coefficient (Wildman–Crippen LogP) is 16.6. The first-order valence-corrected chi connectivity index (χ1v) is 26.2. The average molecular weight is 930 g/mol. The van der Waals surface area contributed by atoms with E-state index < -0.39 is 5.54 Å². The summed E-state index contributed by atoms with van der Waals surface area (Å²) in [6.07, 6.45) is 6.37. The number of nitrogens with two attached hydrogens (primary N) is 1. The van der Waals surface area contributed by atoms with Gasteiger partial charge in [0.05, 0.1) is 22.5 Å². The van der Waals surface area contributed by atoms with Gasteiger partial charge in [-0.1, -0.05) is 173 Å². The van der Waals surface area contributed by atoms with Crippen molar-refractivity contribution in [1.29, 1.82) is 0 Å². The molecule has 0 amide bonds. The van der Waals surface area contributed by atoms with Crippen LogP contribution in [0.3, 0.4) is 0 Å². The van der Waals surface area contributed by atoms with Crippen molar-refractivity contribution in [2.75, 3.05) is 22.9 Å². The second-order valence-electron chi connectivity index (χ2n) is 20.1. The van der Waals surface area contributed by atoms with Gasteiger partial charge in [0.1, 0.15) is 0 Å². The zero-order valence-electron chi connectivity index (χ0n) is 42.1. The summed E-state index contributed by atoms with van der Waals surface area (Å²) in [5.41, 5.74) is 24.8. The standard InChI is InChI=1S/C66H67N5/c1-6-9-40-68-65(5)57-30-17-15-28-53(57)55-37-35-50(43-59(55)65)71(63-33-20-25-47-23-12-14-27-52(47)63)61-39-36-48(42-45(61)4)70(62-32-19-24-46-22-11-13-26-51(46)62)49-34-38-56-54-29-16-18-31-58(54)66(60(56)44-49,64(67)21-8-3)69-41-10-7-2/h11-20,22-39,42-44,64,68-69H,6-10,21,40-41,67H2,1-5H3. The lowest BCUT2D eigenvalue weighted by molar-refractivity contribution is 0.317. The molecule has 2 aliphatic carbocycles. The lowest BCUT2D eigenvalue weighted by atomic mass is 9.78. The molecular weight excluding hydrogens is 863 g/mol. The number of hydrogen-bond donors (Lipinski definition) is 3. The SMILES string of the molecule is CCCCNC1(C)c2ccccc2-c2ccc(N(c3ccc(N(c4ccc5c(c4)C(NCCCC)(C(N)CCC)c4ccccc4-5)c4cccc5ccccc45)cc3C)c3cccc4ccccc34)cc21. The summed E-state index contributed by atoms with van der Waals surface area (Å²) in [5, 5.41) is 13.0. The van der Waals surface area contributed by atoms with Crippen molar-refractivity contribution in [3.8, 4) is 22.3 Å². The van der Waals surface area contributed by atoms with Crippen LogP contribution in [-0.2, 0) is 11.1 Å². The number of unbranched alkanes of at least 4 members (excludes halogenated alkanes) is 2. The number of anilines is 6. The van der Waals surface area contributed by atoms with Gasteiger partial charge < -0.3 is 26.2 Å². The Balaban J connectivity index is 1.10. The van der Waals surface area contributed by atoms with Gasteiger partial charge in [-0.3, -0.25) is 0 Å². The van der Waals surface area contributed by atoms with E-state index in [-0.39, 0.29) is 11.6 Å². The first-order chi connectivity index (χ1) is 34.8. The van der Waals surface area contributed by atoms with Crippen LogP contribution in [0.2, 0.25) is 0 Å². The summed E-state index contributed by atoms with van der Waals surface area (Å²) >= 11 is 0. The van der Waals surface area contributed by atoms with Crippen LogP contribution in [0, 0.1) is 6.92 Å². The molecule has 0 aromatic heterocycles. The maximum Gasteiger partial charge on any atom is 0.0856 e. The lowest BCUT2D eigenvalue weighted by Crippen LogP contribution is -2.55. The minimum absolute atomic E-state index is 0.118. The van der Waals surface area contributed by atoms with Crippen LogP contribution in [0.15, 0.2) is 188 Å². The van der Waals surface area contributed by atoms with Gasteiger partial charge >= 0.3 is 0 Å². The molecule has 0 bridgehead atoms. The average Bonchev–Trinajstić information content (AvgIpc) is 3.83. The van der Waals surface area contributed by atoms with Crippen molar-refractivity contribution < 1.29 is 0 Å². The molecule has 0 saturated carbocycles. The second kappa shape index (κ2) is 19.3. The summed E-state index contributed by atoms with van der Waals surface area (Å²) in [6, 6.07) is 70.1. The third kappa shape index (κ3) is 7.83. The van der Waals surface area contributed by atoms with E-state index in [4.69, 9.17) is 5.73 Å². The second-order valence-corrected chi connectivity index (χ2v) is 20.1. The van der Waals surface area contributed by atoms with E-state index in [0.29, 0.717) is 0 Å². The number of benzene rings is 9. The van der Waals surface area contributed by atoms with Gasteiger partial charge in [-0.2, -0.15) is 0 Å². The molecule has 9 aromatic rings. The molecule has 4 N–H and O–H groups in total. The van der Waals surface area contributed by atoms with Gasteiger partial charge in [0, 0.05) is 39.6 Å². The van der Waals surface area contributed by atoms with E-state index in [1.807, 2.05) is 0 Å². The fourth-order valence-corrected chi connectivity index (χ4v) is 12.1. The Kier molecular flexibility index (Phi) is 12.6. The van der Waals surface area contributed by atoms with E-state index >= 15 is 0 Å². The zero-order chi connectivity index (χ0) is 48.7. The topological polar surface area (TPSA) is 56.6 Å². The fraction of sp³-hybridized carbons (Fsp3) is 0.242. The van der Waals surface area contributed by atoms with Gasteiger partial charge in [0.2, 0.25) is 0 Å². The van der Waals surface area contributed by atoms with Crippen LogP contribution in [-0.4, -0.2) is 19.1 Å². The van der Waals surface area contributed by atoms with Crippen molar-refractivity contribution in [3.05, 3.63) is 216 Å². The molecule has 71 heavy (non-hydrogen) atoms. The van der Waals surface area contributed by atoms with Crippen LogP contribution < -0.4 is 26.2 Å². The Hall–Kier alpha value is -7.02. The first-order valence-electron chi connectivity index (χ1n) is 26.2. The lowest BCUT2D eigenvalue weighted by Gasteiger charge is -2.39. The van der Waals surface area contributed by atoms with Gasteiger partial charge in [-0.05, 0) is 162 Å². The summed E-state index contributed by atoms with van der Waals surface area (Å²) in [7, 11) is 0. The largest absolute Gasteiger partial charge is 0.326 e. The molecule has 3 unspecified atom stereocenters. The van der Waals surface area contributed by atoms with E-state index in [1.165, 1.54) is 71.6 Å². The molecule has 11 rings (SSSR count). The van der Waals surface area contributed by atoms with E-state index in [1.54, 1.807) is 0 Å². The smallest absolute Gasteiger partial charge is 0.0856 e. The molecule has 0 fully saturated rings. The Morgan fingerprint density at radius 3 is 1.59 bits per heavy atom. The maximum absolute atomic E-state index is 7.46. The molecule has 5 heteroatoms. The van der Waals surface area contributed by atoms with Crippen LogP contribution in [0.4, 0.5) is 34.1 Å². The van der Waals surface area contributed by atoms with Gasteiger partial charge in [0.15, 0.2) is 0 Å². The Morgan fingerprint density at radius 1 is 0.451 bits per heavy atom. The number of rotatable bonds is 17. The summed E-state index contributed by atoms with van der Waals surface area (Å²) in [4.78, 5) is 4.98. The maximum atomic E-state index is 7.46. The molecule has 9 aromatic carbocycles. The number of nitrogens with zero attached hydrogens (tertiary/aromatic N) is 2. The van der Waals surface area contributed by atoms with Crippen molar-refractivity contribution in [2.24, 2.45) is 5.73 Å². The van der Waals surface area contributed by atoms with E-state index in [9.17, 15) is 0 Å². The van der Waals surface area contributed by atoms with Crippen LogP contribution in [0.25, 0.3) is 43.8 Å². The third-order valence-electron chi connectivity index (χ3n) is 15.7. The number of nitrogens with one attached hydrogen (secondary N) is 2. The Morgan fingerprint density at radius 2 is 0.944 bits per heavy atom. The molecule has 0 heterocycles. The minimum Gasteiger partial charge on any atom is -0.326 e. The molecule has 3 atom stereocenters. The highest BCUT2D eigenvalue weighted by Gasteiger charge is 2.47. The molecule has 0 saturated heterocycles. The monoisotopic (exact) mass is 930 g/mol. The zero-order valence-corrected chi connectivity index (χ0v) is 42.1. The van der Waals surface area contributed by atoms with Crippen molar-refractivity contribution in [2.45, 2.75) is 90.3 Å². The molecular formula is C66H67N5. The van der Waals surface area contributed by atoms with E-state index in [2.05, 4.69) is 243 Å². The molecule has 356 valence electrons. The van der Waals surface area contributed by atoms with Gasteiger partial charge in [0.25, 0.3) is 0 Å². The Labute approximate surface area is 421 Å². The van der Waals surface area contributed by atoms with Crippen molar-refractivity contribution in [1.82, 2.24) is 10.6 Å². The molecule has 2 aliphatic rings. The molecule has 0 spiro atoms. The molecule has 0 aliphatic heterocycles. The summed E-state index contributed by atoms with van der Waals surface area (Å²) in [6.45, 7) is 13.3. The number of hydrogen-bond acceptors (Lipinski definition) is 5. The van der Waals surface area contributed by atoms with Crippen LogP contribution >= 0.6 is 0 Å². The third-order valence-corrected chi connectivity index (χ3v) is 15.7. The quantitative estimate of drug-likeness (QED) is 0.0795. The highest BCUT2D eigenvalue weighted by Crippen LogP contribution is 2.54. The van der Waals surface area contributed by atoms with Crippen molar-refractivity contribution in [3.63, 3.8) is 0 Å². The summed E-state index contributed by atoms with van der Waals surface area (Å²) in [5.74, 6) is 0. The Bertz CT molecular complexity index is 3400. The minimum atomic E-state index is -0.533. The molecule has 0 radical (unpaired) electrons. The predicted molar refractivity (Wildman–Crippen MR) is 302 cm³/mol.